The lowest BCUT2D eigenvalue weighted by Crippen LogP contribution is -1.86. The first kappa shape index (κ1) is 7.35. The van der Waals surface area contributed by atoms with E-state index in [-0.39, 0.29) is 0 Å². The standard InChI is InChI=1S/C8H9NS/c1-2-4-7-8(10)5-3-6-9-7/h2-3,5-6,10H,1,4H2. The largest absolute Gasteiger partial charge is 0.260 e. The number of pyridine rings is 1. The normalized spacial score (nSPS) is 9.30. The molecule has 10 heavy (non-hydrogen) atoms. The Bertz CT molecular complexity index is 232. The summed E-state index contributed by atoms with van der Waals surface area (Å²) < 4.78 is 0. The molecule has 0 saturated heterocycles. The maximum atomic E-state index is 4.22. The molecule has 0 N–H and O–H groups in total. The molecule has 0 amide bonds. The van der Waals surface area contributed by atoms with Gasteiger partial charge in [-0.15, -0.1) is 19.2 Å². The monoisotopic (exact) mass is 151 g/mol. The third-order valence-electron chi connectivity index (χ3n) is 1.20. The molecule has 0 spiro atoms. The van der Waals surface area contributed by atoms with Gasteiger partial charge in [-0.3, -0.25) is 4.98 Å². The summed E-state index contributed by atoms with van der Waals surface area (Å²) in [6, 6.07) is 3.80. The van der Waals surface area contributed by atoms with Crippen LogP contribution >= 0.6 is 12.6 Å². The zero-order valence-electron chi connectivity index (χ0n) is 5.62. The molecule has 0 fully saturated rings. The van der Waals surface area contributed by atoms with Crippen LogP contribution in [0.15, 0.2) is 35.9 Å². The summed E-state index contributed by atoms with van der Waals surface area (Å²) >= 11 is 4.22. The summed E-state index contributed by atoms with van der Waals surface area (Å²) in [4.78, 5) is 5.05. The van der Waals surface area contributed by atoms with Crippen LogP contribution in [0.4, 0.5) is 0 Å². The molecule has 1 aromatic rings. The van der Waals surface area contributed by atoms with Crippen molar-refractivity contribution < 1.29 is 0 Å². The Labute approximate surface area is 66.2 Å². The third kappa shape index (κ3) is 1.61. The first-order valence-corrected chi connectivity index (χ1v) is 3.53. The Kier molecular flexibility index (Phi) is 2.51. The highest BCUT2D eigenvalue weighted by molar-refractivity contribution is 7.80. The first-order valence-electron chi connectivity index (χ1n) is 3.08. The summed E-state index contributed by atoms with van der Waals surface area (Å²) in [6.07, 6.45) is 4.38. The topological polar surface area (TPSA) is 12.9 Å². The Morgan fingerprint density at radius 2 is 2.50 bits per heavy atom. The molecule has 1 heterocycles. The molecule has 1 nitrogen and oxygen atoms in total. The fourth-order valence-electron chi connectivity index (χ4n) is 0.724. The van der Waals surface area contributed by atoms with Gasteiger partial charge in [-0.2, -0.15) is 0 Å². The van der Waals surface area contributed by atoms with Crippen molar-refractivity contribution in [3.05, 3.63) is 36.7 Å². The van der Waals surface area contributed by atoms with Gasteiger partial charge in [0.25, 0.3) is 0 Å². The summed E-state index contributed by atoms with van der Waals surface area (Å²) in [6.45, 7) is 3.62. The minimum absolute atomic E-state index is 0.791. The van der Waals surface area contributed by atoms with Crippen molar-refractivity contribution in [3.63, 3.8) is 0 Å². The molecule has 0 unspecified atom stereocenters. The van der Waals surface area contributed by atoms with E-state index < -0.39 is 0 Å². The van der Waals surface area contributed by atoms with E-state index in [0.717, 1.165) is 17.0 Å². The molecule has 1 aromatic heterocycles. The van der Waals surface area contributed by atoms with Crippen molar-refractivity contribution >= 4 is 12.6 Å². The molecular formula is C8H9NS. The van der Waals surface area contributed by atoms with Crippen LogP contribution < -0.4 is 0 Å². The molecule has 0 aliphatic carbocycles. The number of thiol groups is 1. The van der Waals surface area contributed by atoms with Crippen LogP contribution in [-0.4, -0.2) is 4.98 Å². The average molecular weight is 151 g/mol. The van der Waals surface area contributed by atoms with Crippen LogP contribution in [0, 0.1) is 0 Å². The Morgan fingerprint density at radius 3 is 3.10 bits per heavy atom. The van der Waals surface area contributed by atoms with E-state index in [0.29, 0.717) is 0 Å². The summed E-state index contributed by atoms with van der Waals surface area (Å²) in [7, 11) is 0. The highest BCUT2D eigenvalue weighted by Crippen LogP contribution is 2.09. The van der Waals surface area contributed by atoms with Crippen LogP contribution in [-0.2, 0) is 6.42 Å². The van der Waals surface area contributed by atoms with E-state index in [2.05, 4.69) is 24.2 Å². The maximum Gasteiger partial charge on any atom is 0.0574 e. The number of nitrogens with zero attached hydrogens (tertiary/aromatic N) is 1. The zero-order valence-corrected chi connectivity index (χ0v) is 6.51. The van der Waals surface area contributed by atoms with Gasteiger partial charge in [-0.1, -0.05) is 6.08 Å². The van der Waals surface area contributed by atoms with Crippen LogP contribution in [0.5, 0.6) is 0 Å². The maximum absolute atomic E-state index is 4.22. The number of rotatable bonds is 2. The van der Waals surface area contributed by atoms with Gasteiger partial charge in [0, 0.05) is 17.5 Å². The highest BCUT2D eigenvalue weighted by atomic mass is 32.1. The minimum atomic E-state index is 0.791. The molecule has 0 radical (unpaired) electrons. The number of aromatic nitrogens is 1. The first-order chi connectivity index (χ1) is 4.84. The zero-order chi connectivity index (χ0) is 7.40. The van der Waals surface area contributed by atoms with E-state index >= 15 is 0 Å². The smallest absolute Gasteiger partial charge is 0.0574 e. The molecule has 0 saturated carbocycles. The Balaban J connectivity index is 2.91. The Morgan fingerprint density at radius 1 is 1.70 bits per heavy atom. The van der Waals surface area contributed by atoms with Crippen molar-refractivity contribution in [1.82, 2.24) is 4.98 Å². The predicted molar refractivity (Wildman–Crippen MR) is 45.4 cm³/mol. The molecule has 2 heteroatoms. The van der Waals surface area contributed by atoms with Crippen molar-refractivity contribution in [2.75, 3.05) is 0 Å². The van der Waals surface area contributed by atoms with E-state index in [1.165, 1.54) is 0 Å². The third-order valence-corrected chi connectivity index (χ3v) is 1.61. The van der Waals surface area contributed by atoms with E-state index in [9.17, 15) is 0 Å². The second kappa shape index (κ2) is 3.42. The second-order valence-electron chi connectivity index (χ2n) is 1.96. The quantitative estimate of drug-likeness (QED) is 0.504. The highest BCUT2D eigenvalue weighted by Gasteiger charge is 1.93. The lowest BCUT2D eigenvalue weighted by Gasteiger charge is -1.97. The molecular weight excluding hydrogens is 142 g/mol. The predicted octanol–water partition coefficient (Wildman–Crippen LogP) is 2.10. The van der Waals surface area contributed by atoms with Crippen LogP contribution in [0.3, 0.4) is 0 Å². The van der Waals surface area contributed by atoms with Gasteiger partial charge in [0.15, 0.2) is 0 Å². The fraction of sp³-hybridized carbons (Fsp3) is 0.125. The van der Waals surface area contributed by atoms with Gasteiger partial charge >= 0.3 is 0 Å². The lowest BCUT2D eigenvalue weighted by atomic mass is 10.3. The summed E-state index contributed by atoms with van der Waals surface area (Å²) in [5.74, 6) is 0. The average Bonchev–Trinajstić information content (AvgIpc) is 1.94. The SMILES string of the molecule is C=CCc1ncccc1S. The number of hydrogen-bond acceptors (Lipinski definition) is 2. The van der Waals surface area contributed by atoms with Crippen LogP contribution in [0.25, 0.3) is 0 Å². The van der Waals surface area contributed by atoms with Gasteiger partial charge in [0.1, 0.15) is 0 Å². The molecule has 52 valence electrons. The molecule has 0 aliphatic heterocycles. The minimum Gasteiger partial charge on any atom is -0.260 e. The summed E-state index contributed by atoms with van der Waals surface area (Å²) in [5.41, 5.74) is 0.987. The molecule has 1 rings (SSSR count). The van der Waals surface area contributed by atoms with E-state index in [1.54, 1.807) is 6.20 Å². The van der Waals surface area contributed by atoms with Crippen molar-refractivity contribution in [2.24, 2.45) is 0 Å². The molecule has 0 atom stereocenters. The number of allylic oxidation sites excluding steroid dienone is 1. The van der Waals surface area contributed by atoms with Gasteiger partial charge in [-0.25, -0.2) is 0 Å². The molecule has 0 aliphatic rings. The van der Waals surface area contributed by atoms with Crippen molar-refractivity contribution in [1.29, 1.82) is 0 Å². The molecule has 0 bridgehead atoms. The van der Waals surface area contributed by atoms with Crippen molar-refractivity contribution in [3.8, 4) is 0 Å². The van der Waals surface area contributed by atoms with Gasteiger partial charge in [0.2, 0.25) is 0 Å². The summed E-state index contributed by atoms with van der Waals surface area (Å²) in [5, 5.41) is 0. The second-order valence-corrected chi connectivity index (χ2v) is 2.44. The van der Waals surface area contributed by atoms with Gasteiger partial charge in [-0.05, 0) is 12.1 Å². The van der Waals surface area contributed by atoms with Crippen molar-refractivity contribution in [2.45, 2.75) is 11.3 Å². The fourth-order valence-corrected chi connectivity index (χ4v) is 0.959. The van der Waals surface area contributed by atoms with Gasteiger partial charge < -0.3 is 0 Å². The van der Waals surface area contributed by atoms with Crippen LogP contribution in [0.1, 0.15) is 5.69 Å². The molecule has 0 aromatic carbocycles. The van der Waals surface area contributed by atoms with Gasteiger partial charge in [0.05, 0.1) is 5.69 Å². The number of hydrogen-bond donors (Lipinski definition) is 1. The van der Waals surface area contributed by atoms with E-state index in [4.69, 9.17) is 0 Å². The van der Waals surface area contributed by atoms with Crippen LogP contribution in [0.2, 0.25) is 0 Å². The van der Waals surface area contributed by atoms with E-state index in [1.807, 2.05) is 18.2 Å². The lowest BCUT2D eigenvalue weighted by molar-refractivity contribution is 1.04. The Hall–Kier alpha value is -0.760.